The number of hydrogen-bond acceptors (Lipinski definition) is 5. The molecule has 0 aromatic carbocycles. The summed E-state index contributed by atoms with van der Waals surface area (Å²) in [5.41, 5.74) is 4.31. The summed E-state index contributed by atoms with van der Waals surface area (Å²) in [6.45, 7) is 11.1. The van der Waals surface area contributed by atoms with Gasteiger partial charge in [-0.3, -0.25) is 4.79 Å². The predicted molar refractivity (Wildman–Crippen MR) is 95.9 cm³/mol. The minimum atomic E-state index is -0.0880. The van der Waals surface area contributed by atoms with E-state index in [4.69, 9.17) is 0 Å². The predicted octanol–water partition coefficient (Wildman–Crippen LogP) is 3.27. The first-order valence-corrected chi connectivity index (χ1v) is 9.62. The molecule has 2 atom stereocenters. The second kappa shape index (κ2) is 6.17. The van der Waals surface area contributed by atoms with E-state index >= 15 is 0 Å². The molecule has 2 bridgehead atoms. The van der Waals surface area contributed by atoms with Crippen molar-refractivity contribution in [2.45, 2.75) is 65.1 Å². The number of thioether (sulfide) groups is 1. The van der Waals surface area contributed by atoms with Crippen LogP contribution in [-0.2, 0) is 4.79 Å². The Morgan fingerprint density at radius 3 is 2.83 bits per heavy atom. The molecule has 7 heteroatoms. The number of rotatable bonds is 5. The van der Waals surface area contributed by atoms with Gasteiger partial charge in [-0.25, -0.2) is 5.43 Å². The van der Waals surface area contributed by atoms with E-state index in [1.165, 1.54) is 24.6 Å². The van der Waals surface area contributed by atoms with Crippen LogP contribution in [0.3, 0.4) is 0 Å². The van der Waals surface area contributed by atoms with E-state index in [0.29, 0.717) is 11.7 Å². The number of amides is 1. The lowest BCUT2D eigenvalue weighted by Crippen LogP contribution is -2.34. The van der Waals surface area contributed by atoms with E-state index < -0.39 is 0 Å². The van der Waals surface area contributed by atoms with E-state index in [9.17, 15) is 4.79 Å². The second-order valence-electron chi connectivity index (χ2n) is 7.99. The van der Waals surface area contributed by atoms with Gasteiger partial charge < -0.3 is 4.57 Å². The number of nitrogens with one attached hydrogen (secondary N) is 1. The highest BCUT2D eigenvalue weighted by Crippen LogP contribution is 2.63. The summed E-state index contributed by atoms with van der Waals surface area (Å²) in [4.78, 5) is 12.2. The number of fused-ring (bicyclic) bond motifs is 2. The molecule has 0 saturated heterocycles. The SMILES string of the molecule is CC(C)n1cnnc1SCC(=O)N/N=C1\CC2CCC1(C)C2(C)C. The lowest BCUT2D eigenvalue weighted by Gasteiger charge is -2.34. The average Bonchev–Trinajstić information content (AvgIpc) is 3.13. The van der Waals surface area contributed by atoms with Gasteiger partial charge in [0.2, 0.25) is 0 Å². The van der Waals surface area contributed by atoms with Crippen molar-refractivity contribution in [1.82, 2.24) is 20.2 Å². The summed E-state index contributed by atoms with van der Waals surface area (Å²) in [7, 11) is 0. The van der Waals surface area contributed by atoms with Crippen LogP contribution in [0.25, 0.3) is 0 Å². The first-order valence-electron chi connectivity index (χ1n) is 8.64. The summed E-state index contributed by atoms with van der Waals surface area (Å²) >= 11 is 1.39. The van der Waals surface area contributed by atoms with Crippen molar-refractivity contribution in [3.05, 3.63) is 6.33 Å². The van der Waals surface area contributed by atoms with Crippen LogP contribution in [0.2, 0.25) is 0 Å². The number of carbonyl (C=O) groups is 1. The Balaban J connectivity index is 1.58. The molecule has 2 aliphatic carbocycles. The van der Waals surface area contributed by atoms with Gasteiger partial charge in [0.25, 0.3) is 5.91 Å². The van der Waals surface area contributed by atoms with E-state index in [1.54, 1.807) is 6.33 Å². The van der Waals surface area contributed by atoms with Crippen LogP contribution in [0.15, 0.2) is 16.6 Å². The monoisotopic (exact) mass is 349 g/mol. The Morgan fingerprint density at radius 2 is 2.25 bits per heavy atom. The molecule has 2 fully saturated rings. The zero-order valence-corrected chi connectivity index (χ0v) is 16.0. The molecule has 0 spiro atoms. The highest BCUT2D eigenvalue weighted by molar-refractivity contribution is 7.99. The highest BCUT2D eigenvalue weighted by atomic mass is 32.2. The Hall–Kier alpha value is -1.37. The minimum absolute atomic E-state index is 0.0880. The first-order chi connectivity index (χ1) is 11.3. The Labute approximate surface area is 147 Å². The van der Waals surface area contributed by atoms with Crippen LogP contribution in [-0.4, -0.2) is 32.1 Å². The smallest absolute Gasteiger partial charge is 0.250 e. The van der Waals surface area contributed by atoms with Crippen molar-refractivity contribution < 1.29 is 4.79 Å². The van der Waals surface area contributed by atoms with Gasteiger partial charge in [-0.15, -0.1) is 10.2 Å². The number of nitrogens with zero attached hydrogens (tertiary/aromatic N) is 4. The molecular formula is C17H27N5OS. The topological polar surface area (TPSA) is 72.2 Å². The minimum Gasteiger partial charge on any atom is -0.306 e. The Bertz CT molecular complexity index is 666. The standard InChI is InChI=1S/C17H27N5OS/c1-11(2)22-10-18-21-15(22)24-9-14(23)20-19-13-8-12-6-7-17(13,5)16(12,3)4/h10-12H,6-9H2,1-5H3,(H,20,23)/b19-13+. The first kappa shape index (κ1) is 17.5. The highest BCUT2D eigenvalue weighted by Gasteiger charge is 2.59. The fourth-order valence-electron chi connectivity index (χ4n) is 4.08. The average molecular weight is 350 g/mol. The third-order valence-corrected chi connectivity index (χ3v) is 7.21. The molecule has 0 aliphatic heterocycles. The van der Waals surface area contributed by atoms with Gasteiger partial charge in [0.15, 0.2) is 5.16 Å². The molecule has 1 N–H and O–H groups in total. The molecule has 2 saturated carbocycles. The molecule has 3 rings (SSSR count). The third kappa shape index (κ3) is 2.76. The molecule has 2 aliphatic rings. The summed E-state index contributed by atoms with van der Waals surface area (Å²) < 4.78 is 1.96. The Kier molecular flexibility index (Phi) is 4.49. The molecule has 6 nitrogen and oxygen atoms in total. The molecule has 1 aromatic heterocycles. The summed E-state index contributed by atoms with van der Waals surface area (Å²) in [6.07, 6.45) is 5.16. The van der Waals surface area contributed by atoms with Gasteiger partial charge >= 0.3 is 0 Å². The zero-order valence-electron chi connectivity index (χ0n) is 15.2. The summed E-state index contributed by atoms with van der Waals surface area (Å²) in [5, 5.41) is 13.2. The van der Waals surface area contributed by atoms with Crippen LogP contribution >= 0.6 is 11.8 Å². The van der Waals surface area contributed by atoms with Crippen molar-refractivity contribution in [2.75, 3.05) is 5.75 Å². The van der Waals surface area contributed by atoms with Crippen LogP contribution in [0.1, 0.15) is 59.9 Å². The lowest BCUT2D eigenvalue weighted by molar-refractivity contribution is -0.118. The molecule has 1 heterocycles. The number of carbonyl (C=O) groups excluding carboxylic acids is 1. The zero-order chi connectivity index (χ0) is 17.5. The molecule has 1 amide bonds. The van der Waals surface area contributed by atoms with Crippen molar-refractivity contribution in [2.24, 2.45) is 21.8 Å². The van der Waals surface area contributed by atoms with Crippen LogP contribution < -0.4 is 5.43 Å². The summed E-state index contributed by atoms with van der Waals surface area (Å²) in [5.74, 6) is 0.901. The van der Waals surface area contributed by atoms with Gasteiger partial charge in [-0.2, -0.15) is 5.10 Å². The fraction of sp³-hybridized carbons (Fsp3) is 0.765. The fourth-order valence-corrected chi connectivity index (χ4v) is 4.92. The molecular weight excluding hydrogens is 322 g/mol. The van der Waals surface area contributed by atoms with E-state index in [-0.39, 0.29) is 22.8 Å². The van der Waals surface area contributed by atoms with Gasteiger partial charge in [-0.1, -0.05) is 32.5 Å². The van der Waals surface area contributed by atoms with Crippen LogP contribution in [0.5, 0.6) is 0 Å². The van der Waals surface area contributed by atoms with E-state index in [0.717, 1.165) is 17.3 Å². The largest absolute Gasteiger partial charge is 0.306 e. The van der Waals surface area contributed by atoms with E-state index in [1.807, 2.05) is 4.57 Å². The maximum Gasteiger partial charge on any atom is 0.250 e. The lowest BCUT2D eigenvalue weighted by atomic mass is 9.70. The van der Waals surface area contributed by atoms with E-state index in [2.05, 4.69) is 55.3 Å². The number of aromatic nitrogens is 3. The maximum atomic E-state index is 12.2. The van der Waals surface area contributed by atoms with Gasteiger partial charge in [0, 0.05) is 17.2 Å². The van der Waals surface area contributed by atoms with Crippen molar-refractivity contribution in [1.29, 1.82) is 0 Å². The summed E-state index contributed by atoms with van der Waals surface area (Å²) in [6, 6.07) is 0.280. The number of hydrogen-bond donors (Lipinski definition) is 1. The van der Waals surface area contributed by atoms with Crippen molar-refractivity contribution >= 4 is 23.4 Å². The quantitative estimate of drug-likeness (QED) is 0.654. The molecule has 2 unspecified atom stereocenters. The molecule has 132 valence electrons. The molecule has 24 heavy (non-hydrogen) atoms. The van der Waals surface area contributed by atoms with Gasteiger partial charge in [0.05, 0.1) is 5.75 Å². The van der Waals surface area contributed by atoms with Gasteiger partial charge in [0.1, 0.15) is 6.33 Å². The van der Waals surface area contributed by atoms with Crippen molar-refractivity contribution in [3.8, 4) is 0 Å². The third-order valence-electron chi connectivity index (χ3n) is 6.26. The van der Waals surface area contributed by atoms with Crippen LogP contribution in [0, 0.1) is 16.7 Å². The normalized spacial score (nSPS) is 29.6. The molecule has 1 aromatic rings. The van der Waals surface area contributed by atoms with Crippen LogP contribution in [0.4, 0.5) is 0 Å². The molecule has 0 radical (unpaired) electrons. The second-order valence-corrected chi connectivity index (χ2v) is 8.93. The van der Waals surface area contributed by atoms with Crippen molar-refractivity contribution in [3.63, 3.8) is 0 Å². The maximum absolute atomic E-state index is 12.2. The Morgan fingerprint density at radius 1 is 1.50 bits per heavy atom. The number of hydrazone groups is 1. The van der Waals surface area contributed by atoms with Gasteiger partial charge in [-0.05, 0) is 44.4 Å².